The Morgan fingerprint density at radius 1 is 1.21 bits per heavy atom. The molecule has 1 N–H and O–H groups in total. The van der Waals surface area contributed by atoms with Crippen LogP contribution in [0, 0.1) is 0 Å². The van der Waals surface area contributed by atoms with Crippen LogP contribution in [0.25, 0.3) is 0 Å². The van der Waals surface area contributed by atoms with Crippen LogP contribution in [-0.2, 0) is 10.0 Å². The van der Waals surface area contributed by atoms with E-state index in [1.807, 2.05) is 24.3 Å². The summed E-state index contributed by atoms with van der Waals surface area (Å²) in [5.41, 5.74) is 1.82. The molecule has 0 amide bonds. The van der Waals surface area contributed by atoms with E-state index in [0.717, 1.165) is 6.42 Å². The lowest BCUT2D eigenvalue weighted by Crippen LogP contribution is -2.11. The van der Waals surface area contributed by atoms with Crippen molar-refractivity contribution >= 4 is 27.0 Å². The third-order valence-electron chi connectivity index (χ3n) is 3.10. The first-order valence-electron chi connectivity index (χ1n) is 6.19. The molecule has 1 unspecified atom stereocenters. The van der Waals surface area contributed by atoms with Gasteiger partial charge in [-0.1, -0.05) is 32.0 Å². The van der Waals surface area contributed by atoms with Crippen LogP contribution < -0.4 is 4.72 Å². The van der Waals surface area contributed by atoms with E-state index < -0.39 is 10.0 Å². The summed E-state index contributed by atoms with van der Waals surface area (Å²) in [4.78, 5) is 0. The minimum absolute atomic E-state index is 0.332. The zero-order chi connectivity index (χ0) is 13.9. The molecule has 102 valence electrons. The van der Waals surface area contributed by atoms with Crippen LogP contribution in [0.4, 0.5) is 5.69 Å². The average Bonchev–Trinajstić information content (AvgIpc) is 2.93. The standard InChI is InChI=1S/C14H17NO2S2/c1-3-11(2)12-6-8-13(9-7-12)15-19(16,17)14-5-4-10-18-14/h4-11,15H,3H2,1-2H3. The molecule has 0 aliphatic carbocycles. The van der Waals surface area contributed by atoms with Gasteiger partial charge in [0.1, 0.15) is 4.21 Å². The minimum Gasteiger partial charge on any atom is -0.279 e. The van der Waals surface area contributed by atoms with Crippen LogP contribution in [0.2, 0.25) is 0 Å². The van der Waals surface area contributed by atoms with E-state index >= 15 is 0 Å². The van der Waals surface area contributed by atoms with Gasteiger partial charge in [0.25, 0.3) is 10.0 Å². The Bertz CT molecular complexity index is 616. The highest BCUT2D eigenvalue weighted by Gasteiger charge is 2.15. The lowest BCUT2D eigenvalue weighted by atomic mass is 9.99. The summed E-state index contributed by atoms with van der Waals surface area (Å²) in [6, 6.07) is 10.9. The summed E-state index contributed by atoms with van der Waals surface area (Å²) in [7, 11) is -3.44. The van der Waals surface area contributed by atoms with E-state index in [9.17, 15) is 8.42 Å². The molecule has 3 nitrogen and oxygen atoms in total. The second-order valence-corrected chi connectivity index (χ2v) is 7.33. The molecule has 0 spiro atoms. The summed E-state index contributed by atoms with van der Waals surface area (Å²) >= 11 is 1.21. The van der Waals surface area contributed by atoms with Crippen molar-refractivity contribution in [3.8, 4) is 0 Å². The topological polar surface area (TPSA) is 46.2 Å². The summed E-state index contributed by atoms with van der Waals surface area (Å²) in [5.74, 6) is 0.489. The monoisotopic (exact) mass is 295 g/mol. The lowest BCUT2D eigenvalue weighted by Gasteiger charge is -2.10. The first-order chi connectivity index (χ1) is 9.03. The van der Waals surface area contributed by atoms with E-state index in [1.54, 1.807) is 17.5 Å². The Morgan fingerprint density at radius 3 is 2.42 bits per heavy atom. The van der Waals surface area contributed by atoms with Gasteiger partial charge in [-0.25, -0.2) is 8.42 Å². The van der Waals surface area contributed by atoms with Crippen molar-refractivity contribution in [2.45, 2.75) is 30.4 Å². The van der Waals surface area contributed by atoms with Crippen LogP contribution in [0.15, 0.2) is 46.0 Å². The fourth-order valence-corrected chi connectivity index (χ4v) is 3.79. The van der Waals surface area contributed by atoms with Crippen LogP contribution in [0.5, 0.6) is 0 Å². The number of anilines is 1. The van der Waals surface area contributed by atoms with Crippen molar-refractivity contribution in [3.05, 3.63) is 47.3 Å². The number of thiophene rings is 1. The Hall–Kier alpha value is -1.33. The van der Waals surface area contributed by atoms with Gasteiger partial charge in [-0.15, -0.1) is 11.3 Å². The second kappa shape index (κ2) is 5.75. The van der Waals surface area contributed by atoms with Gasteiger partial charge in [0, 0.05) is 5.69 Å². The van der Waals surface area contributed by atoms with Gasteiger partial charge in [-0.3, -0.25) is 4.72 Å². The third kappa shape index (κ3) is 3.36. The van der Waals surface area contributed by atoms with E-state index in [2.05, 4.69) is 18.6 Å². The molecule has 1 aromatic carbocycles. The van der Waals surface area contributed by atoms with E-state index in [1.165, 1.54) is 16.9 Å². The number of rotatable bonds is 5. The maximum absolute atomic E-state index is 12.0. The zero-order valence-corrected chi connectivity index (χ0v) is 12.6. The molecule has 5 heteroatoms. The largest absolute Gasteiger partial charge is 0.279 e. The Balaban J connectivity index is 2.16. The summed E-state index contributed by atoms with van der Waals surface area (Å²) in [6.45, 7) is 4.29. The normalized spacial score (nSPS) is 13.2. The first kappa shape index (κ1) is 14.1. The van der Waals surface area contributed by atoms with Gasteiger partial charge < -0.3 is 0 Å². The summed E-state index contributed by atoms with van der Waals surface area (Å²) in [5, 5.41) is 1.75. The van der Waals surface area contributed by atoms with Crippen molar-refractivity contribution in [1.29, 1.82) is 0 Å². The lowest BCUT2D eigenvalue weighted by molar-refractivity contribution is 0.603. The molecule has 0 aliphatic heterocycles. The highest BCUT2D eigenvalue weighted by molar-refractivity contribution is 7.94. The smallest absolute Gasteiger partial charge is 0.271 e. The van der Waals surface area contributed by atoms with Crippen LogP contribution in [0.1, 0.15) is 31.7 Å². The predicted molar refractivity (Wildman–Crippen MR) is 80.3 cm³/mol. The Labute approximate surface area is 118 Å². The van der Waals surface area contributed by atoms with E-state index in [0.29, 0.717) is 15.8 Å². The van der Waals surface area contributed by atoms with Gasteiger partial charge in [-0.2, -0.15) is 0 Å². The number of hydrogen-bond acceptors (Lipinski definition) is 3. The SMILES string of the molecule is CCC(C)c1ccc(NS(=O)(=O)c2cccs2)cc1. The quantitative estimate of drug-likeness (QED) is 0.904. The van der Waals surface area contributed by atoms with Gasteiger partial charge >= 0.3 is 0 Å². The van der Waals surface area contributed by atoms with Crippen molar-refractivity contribution < 1.29 is 8.42 Å². The molecular weight excluding hydrogens is 278 g/mol. The Kier molecular flexibility index (Phi) is 4.27. The second-order valence-electron chi connectivity index (χ2n) is 4.47. The highest BCUT2D eigenvalue weighted by atomic mass is 32.2. The molecule has 0 aliphatic rings. The first-order valence-corrected chi connectivity index (χ1v) is 8.55. The van der Waals surface area contributed by atoms with Crippen molar-refractivity contribution in [2.75, 3.05) is 4.72 Å². The molecule has 0 saturated heterocycles. The molecule has 0 bridgehead atoms. The average molecular weight is 295 g/mol. The fraction of sp³-hybridized carbons (Fsp3) is 0.286. The minimum atomic E-state index is -3.44. The summed E-state index contributed by atoms with van der Waals surface area (Å²) in [6.07, 6.45) is 1.07. The molecule has 2 rings (SSSR count). The van der Waals surface area contributed by atoms with Gasteiger partial charge in [0.15, 0.2) is 0 Å². The molecule has 19 heavy (non-hydrogen) atoms. The van der Waals surface area contributed by atoms with Crippen molar-refractivity contribution in [3.63, 3.8) is 0 Å². The van der Waals surface area contributed by atoms with E-state index in [4.69, 9.17) is 0 Å². The Morgan fingerprint density at radius 2 is 1.89 bits per heavy atom. The van der Waals surface area contributed by atoms with E-state index in [-0.39, 0.29) is 0 Å². The van der Waals surface area contributed by atoms with Crippen LogP contribution in [0.3, 0.4) is 0 Å². The van der Waals surface area contributed by atoms with Crippen LogP contribution in [-0.4, -0.2) is 8.42 Å². The number of sulfonamides is 1. The van der Waals surface area contributed by atoms with Gasteiger partial charge in [-0.05, 0) is 41.5 Å². The summed E-state index contributed by atoms with van der Waals surface area (Å²) < 4.78 is 27.0. The molecule has 1 aromatic heterocycles. The maximum Gasteiger partial charge on any atom is 0.271 e. The maximum atomic E-state index is 12.0. The van der Waals surface area contributed by atoms with Crippen molar-refractivity contribution in [2.24, 2.45) is 0 Å². The predicted octanol–water partition coefficient (Wildman–Crippen LogP) is 4.06. The van der Waals surface area contributed by atoms with Gasteiger partial charge in [0.2, 0.25) is 0 Å². The molecule has 1 atom stereocenters. The fourth-order valence-electron chi connectivity index (χ4n) is 1.74. The third-order valence-corrected chi connectivity index (χ3v) is 5.88. The van der Waals surface area contributed by atoms with Crippen LogP contribution >= 0.6 is 11.3 Å². The zero-order valence-electron chi connectivity index (χ0n) is 11.0. The number of nitrogens with one attached hydrogen (secondary N) is 1. The van der Waals surface area contributed by atoms with Crippen molar-refractivity contribution in [1.82, 2.24) is 0 Å². The molecule has 0 saturated carbocycles. The van der Waals surface area contributed by atoms with Gasteiger partial charge in [0.05, 0.1) is 0 Å². The highest BCUT2D eigenvalue weighted by Crippen LogP contribution is 2.23. The molecular formula is C14H17NO2S2. The number of hydrogen-bond donors (Lipinski definition) is 1. The molecule has 2 aromatic rings. The number of benzene rings is 1. The molecule has 0 fully saturated rings. The molecule has 1 heterocycles. The molecule has 0 radical (unpaired) electrons.